The van der Waals surface area contributed by atoms with Crippen LogP contribution >= 0.6 is 11.5 Å². The fourth-order valence-electron chi connectivity index (χ4n) is 1.75. The zero-order valence-electron chi connectivity index (χ0n) is 8.84. The van der Waals surface area contributed by atoms with Crippen LogP contribution in [0.15, 0.2) is 9.90 Å². The van der Waals surface area contributed by atoms with Gasteiger partial charge in [0, 0.05) is 17.9 Å². The second kappa shape index (κ2) is 3.95. The quantitative estimate of drug-likeness (QED) is 0.799. The highest BCUT2D eigenvalue weighted by Gasteiger charge is 2.24. The maximum atomic E-state index is 5.30. The molecule has 1 fully saturated rings. The fourth-order valence-corrected chi connectivity index (χ4v) is 2.43. The molecule has 0 aromatic carbocycles. The molecule has 2 aromatic rings. The summed E-state index contributed by atoms with van der Waals surface area (Å²) in [6, 6.07) is 0. The molecule has 16 heavy (non-hydrogen) atoms. The largest absolute Gasteiger partial charge is 0.381 e. The van der Waals surface area contributed by atoms with Crippen LogP contribution in [0.25, 0.3) is 11.5 Å². The molecule has 1 atom stereocenters. The number of hydrogen-bond acceptors (Lipinski definition) is 6. The molecule has 3 rings (SSSR count). The van der Waals surface area contributed by atoms with Crippen LogP contribution in [0.2, 0.25) is 0 Å². The van der Waals surface area contributed by atoms with E-state index in [9.17, 15) is 0 Å². The Morgan fingerprint density at radius 1 is 1.50 bits per heavy atom. The lowest BCUT2D eigenvalue weighted by Gasteiger charge is -1.97. The average Bonchev–Trinajstić information content (AvgIpc) is 2.96. The Hall–Kier alpha value is -1.27. The number of aromatic nitrogens is 3. The summed E-state index contributed by atoms with van der Waals surface area (Å²) in [6.07, 6.45) is 0.972. The summed E-state index contributed by atoms with van der Waals surface area (Å²) >= 11 is 1.40. The van der Waals surface area contributed by atoms with Gasteiger partial charge in [0.2, 0.25) is 0 Å². The van der Waals surface area contributed by atoms with E-state index in [2.05, 4.69) is 14.5 Å². The third-order valence-corrected chi connectivity index (χ3v) is 3.44. The van der Waals surface area contributed by atoms with Crippen molar-refractivity contribution in [1.29, 1.82) is 0 Å². The highest BCUT2D eigenvalue weighted by Crippen LogP contribution is 2.27. The molecular weight excluding hydrogens is 226 g/mol. The standard InChI is InChI=1S/C10H11N3O2S/c1-6-8(5-16-13-6)10-11-9(12-15-10)7-2-3-14-4-7/h5,7H,2-4H2,1H3. The minimum absolute atomic E-state index is 0.282. The molecule has 0 amide bonds. The second-order valence-electron chi connectivity index (χ2n) is 3.83. The SMILES string of the molecule is Cc1nscc1-c1nc(C2CCOC2)no1. The van der Waals surface area contributed by atoms with Gasteiger partial charge in [-0.05, 0) is 24.9 Å². The molecule has 0 spiro atoms. The van der Waals surface area contributed by atoms with Crippen molar-refractivity contribution in [1.82, 2.24) is 14.5 Å². The lowest BCUT2D eigenvalue weighted by molar-refractivity contribution is 0.192. The molecular formula is C10H11N3O2S. The van der Waals surface area contributed by atoms with Crippen molar-refractivity contribution in [2.24, 2.45) is 0 Å². The molecule has 3 heterocycles. The predicted molar refractivity (Wildman–Crippen MR) is 58.3 cm³/mol. The Morgan fingerprint density at radius 2 is 2.44 bits per heavy atom. The maximum absolute atomic E-state index is 5.30. The van der Waals surface area contributed by atoms with Crippen molar-refractivity contribution in [3.05, 3.63) is 16.9 Å². The van der Waals surface area contributed by atoms with Crippen LogP contribution < -0.4 is 0 Å². The zero-order chi connectivity index (χ0) is 11.0. The van der Waals surface area contributed by atoms with Crippen LogP contribution in [0.4, 0.5) is 0 Å². The van der Waals surface area contributed by atoms with E-state index in [1.54, 1.807) is 0 Å². The summed E-state index contributed by atoms with van der Waals surface area (Å²) in [7, 11) is 0. The Labute approximate surface area is 96.6 Å². The van der Waals surface area contributed by atoms with E-state index in [0.717, 1.165) is 30.1 Å². The lowest BCUT2D eigenvalue weighted by Crippen LogP contribution is -1.99. The first kappa shape index (κ1) is 9.92. The first-order valence-electron chi connectivity index (χ1n) is 5.17. The Morgan fingerprint density at radius 3 is 3.12 bits per heavy atom. The van der Waals surface area contributed by atoms with Crippen LogP contribution in [-0.2, 0) is 4.74 Å². The highest BCUT2D eigenvalue weighted by atomic mass is 32.1. The first-order chi connectivity index (χ1) is 7.84. The molecule has 1 saturated heterocycles. The molecule has 0 saturated carbocycles. The molecule has 1 aliphatic rings. The van der Waals surface area contributed by atoms with E-state index in [1.165, 1.54) is 11.5 Å². The monoisotopic (exact) mass is 237 g/mol. The zero-order valence-corrected chi connectivity index (χ0v) is 9.66. The fraction of sp³-hybridized carbons (Fsp3) is 0.500. The first-order valence-corrected chi connectivity index (χ1v) is 6.01. The van der Waals surface area contributed by atoms with E-state index < -0.39 is 0 Å². The van der Waals surface area contributed by atoms with Gasteiger partial charge in [-0.3, -0.25) is 0 Å². The molecule has 0 radical (unpaired) electrons. The maximum Gasteiger partial charge on any atom is 0.260 e. The summed E-state index contributed by atoms with van der Waals surface area (Å²) in [5.74, 6) is 1.59. The number of ether oxygens (including phenoxy) is 1. The van der Waals surface area contributed by atoms with Gasteiger partial charge >= 0.3 is 0 Å². The van der Waals surface area contributed by atoms with Crippen molar-refractivity contribution >= 4 is 11.5 Å². The molecule has 6 heteroatoms. The van der Waals surface area contributed by atoms with Crippen LogP contribution in [0.1, 0.15) is 23.9 Å². The van der Waals surface area contributed by atoms with E-state index >= 15 is 0 Å². The second-order valence-corrected chi connectivity index (χ2v) is 4.46. The topological polar surface area (TPSA) is 61.0 Å². The van der Waals surface area contributed by atoms with Crippen molar-refractivity contribution in [3.8, 4) is 11.5 Å². The number of aryl methyl sites for hydroxylation is 1. The molecule has 2 aromatic heterocycles. The molecule has 1 unspecified atom stereocenters. The van der Waals surface area contributed by atoms with Gasteiger partial charge in [0.15, 0.2) is 5.82 Å². The van der Waals surface area contributed by atoms with Gasteiger partial charge in [-0.25, -0.2) is 0 Å². The highest BCUT2D eigenvalue weighted by molar-refractivity contribution is 7.04. The average molecular weight is 237 g/mol. The lowest BCUT2D eigenvalue weighted by atomic mass is 10.1. The summed E-state index contributed by atoms with van der Waals surface area (Å²) < 4.78 is 14.7. The minimum atomic E-state index is 0.282. The molecule has 84 valence electrons. The number of hydrogen-bond donors (Lipinski definition) is 0. The van der Waals surface area contributed by atoms with E-state index in [0.29, 0.717) is 12.5 Å². The van der Waals surface area contributed by atoms with E-state index in [4.69, 9.17) is 9.26 Å². The summed E-state index contributed by atoms with van der Waals surface area (Å²) in [5.41, 5.74) is 1.87. The third-order valence-electron chi connectivity index (χ3n) is 2.72. The smallest absolute Gasteiger partial charge is 0.260 e. The van der Waals surface area contributed by atoms with Crippen molar-refractivity contribution in [3.63, 3.8) is 0 Å². The van der Waals surface area contributed by atoms with Crippen LogP contribution in [0, 0.1) is 6.92 Å². The minimum Gasteiger partial charge on any atom is -0.381 e. The van der Waals surface area contributed by atoms with Crippen LogP contribution in [0.3, 0.4) is 0 Å². The predicted octanol–water partition coefficient (Wildman–Crippen LogP) is 2.01. The van der Waals surface area contributed by atoms with Gasteiger partial charge < -0.3 is 9.26 Å². The number of rotatable bonds is 2. The normalized spacial score (nSPS) is 20.4. The Balaban J connectivity index is 1.90. The molecule has 5 nitrogen and oxygen atoms in total. The Bertz CT molecular complexity index is 488. The summed E-state index contributed by atoms with van der Waals surface area (Å²) in [4.78, 5) is 4.40. The molecule has 0 N–H and O–H groups in total. The van der Waals surface area contributed by atoms with Gasteiger partial charge in [0.1, 0.15) is 0 Å². The van der Waals surface area contributed by atoms with Gasteiger partial charge in [-0.2, -0.15) is 9.36 Å². The molecule has 0 bridgehead atoms. The van der Waals surface area contributed by atoms with Crippen molar-refractivity contribution in [2.45, 2.75) is 19.3 Å². The van der Waals surface area contributed by atoms with Gasteiger partial charge in [0.05, 0.1) is 17.9 Å². The van der Waals surface area contributed by atoms with E-state index in [1.807, 2.05) is 12.3 Å². The number of nitrogens with zero attached hydrogens (tertiary/aromatic N) is 3. The molecule has 0 aliphatic carbocycles. The van der Waals surface area contributed by atoms with E-state index in [-0.39, 0.29) is 5.92 Å². The van der Waals surface area contributed by atoms with Gasteiger partial charge in [-0.1, -0.05) is 5.16 Å². The molecule has 1 aliphatic heterocycles. The van der Waals surface area contributed by atoms with Crippen molar-refractivity contribution < 1.29 is 9.26 Å². The Kier molecular flexibility index (Phi) is 2.45. The summed E-state index contributed by atoms with van der Waals surface area (Å²) in [6.45, 7) is 3.42. The third kappa shape index (κ3) is 1.64. The van der Waals surface area contributed by atoms with Crippen LogP contribution in [0.5, 0.6) is 0 Å². The summed E-state index contributed by atoms with van der Waals surface area (Å²) in [5, 5.41) is 5.93. The van der Waals surface area contributed by atoms with Crippen LogP contribution in [-0.4, -0.2) is 27.7 Å². The van der Waals surface area contributed by atoms with Crippen molar-refractivity contribution in [2.75, 3.05) is 13.2 Å². The van der Waals surface area contributed by atoms with Gasteiger partial charge in [0.25, 0.3) is 5.89 Å². The van der Waals surface area contributed by atoms with Gasteiger partial charge in [-0.15, -0.1) is 0 Å².